The van der Waals surface area contributed by atoms with E-state index in [-0.39, 0.29) is 23.9 Å². The number of benzene rings is 3. The van der Waals surface area contributed by atoms with Gasteiger partial charge in [-0.2, -0.15) is 0 Å². The van der Waals surface area contributed by atoms with E-state index < -0.39 is 11.7 Å². The van der Waals surface area contributed by atoms with Crippen molar-refractivity contribution in [2.75, 3.05) is 18.5 Å². The molecule has 1 amide bonds. The summed E-state index contributed by atoms with van der Waals surface area (Å²) in [5.74, 6) is -0.564. The van der Waals surface area contributed by atoms with Crippen LogP contribution in [0, 0.1) is 5.82 Å². The van der Waals surface area contributed by atoms with Crippen molar-refractivity contribution in [3.8, 4) is 11.4 Å². The van der Waals surface area contributed by atoms with Gasteiger partial charge in [-0.05, 0) is 54.4 Å². The summed E-state index contributed by atoms with van der Waals surface area (Å²) < 4.78 is 18.9. The molecule has 0 aliphatic carbocycles. The number of amides is 1. The third kappa shape index (κ3) is 4.82. The Bertz CT molecular complexity index is 1210. The highest BCUT2D eigenvalue weighted by Gasteiger charge is 2.14. The van der Waals surface area contributed by atoms with Crippen LogP contribution in [-0.4, -0.2) is 39.2 Å². The zero-order valence-electron chi connectivity index (χ0n) is 16.3. The Morgan fingerprint density at radius 1 is 1.10 bits per heavy atom. The maximum Gasteiger partial charge on any atom is 0.262 e. The van der Waals surface area contributed by atoms with Crippen LogP contribution in [0.2, 0.25) is 5.02 Å². The minimum absolute atomic E-state index is 0.00497. The standard InChI is InChI=1S/C22H18ClFN4O3/c23-16-12-15(24)6-7-17(16)25-22(30)13-31-21-8-5-14(9-10-29)11-20(21)28-26-18-3-1-2-4-19(18)27-28/h1-8,11-12,29H,9-10,13H2,(H,25,30). The van der Waals surface area contributed by atoms with Crippen molar-refractivity contribution in [2.45, 2.75) is 6.42 Å². The molecule has 3 aromatic carbocycles. The van der Waals surface area contributed by atoms with Crippen LogP contribution in [0.3, 0.4) is 0 Å². The summed E-state index contributed by atoms with van der Waals surface area (Å²) >= 11 is 5.95. The van der Waals surface area contributed by atoms with E-state index in [1.54, 1.807) is 18.2 Å². The van der Waals surface area contributed by atoms with Crippen molar-refractivity contribution in [1.29, 1.82) is 0 Å². The van der Waals surface area contributed by atoms with E-state index >= 15 is 0 Å². The van der Waals surface area contributed by atoms with E-state index in [2.05, 4.69) is 15.5 Å². The molecule has 0 saturated carbocycles. The molecular formula is C22H18ClFN4O3. The highest BCUT2D eigenvalue weighted by atomic mass is 35.5. The highest BCUT2D eigenvalue weighted by molar-refractivity contribution is 6.33. The van der Waals surface area contributed by atoms with Crippen molar-refractivity contribution in [3.63, 3.8) is 0 Å². The van der Waals surface area contributed by atoms with Crippen molar-refractivity contribution >= 4 is 34.2 Å². The molecule has 0 fully saturated rings. The van der Waals surface area contributed by atoms with Gasteiger partial charge in [-0.3, -0.25) is 4.79 Å². The molecule has 0 radical (unpaired) electrons. The fourth-order valence-electron chi connectivity index (χ4n) is 3.01. The van der Waals surface area contributed by atoms with Gasteiger partial charge in [-0.15, -0.1) is 15.0 Å². The van der Waals surface area contributed by atoms with Gasteiger partial charge in [0.15, 0.2) is 6.61 Å². The van der Waals surface area contributed by atoms with Gasteiger partial charge in [0, 0.05) is 6.61 Å². The normalized spacial score (nSPS) is 10.9. The summed E-state index contributed by atoms with van der Waals surface area (Å²) in [4.78, 5) is 13.8. The van der Waals surface area contributed by atoms with E-state index in [0.717, 1.165) is 11.6 Å². The Morgan fingerprint density at radius 3 is 2.52 bits per heavy atom. The Morgan fingerprint density at radius 2 is 1.84 bits per heavy atom. The molecule has 0 bridgehead atoms. The Kier molecular flexibility index (Phi) is 6.11. The van der Waals surface area contributed by atoms with Crippen molar-refractivity contribution in [2.24, 2.45) is 0 Å². The number of rotatable bonds is 7. The second kappa shape index (κ2) is 9.11. The number of aromatic nitrogens is 3. The van der Waals surface area contributed by atoms with Gasteiger partial charge in [0.1, 0.15) is 28.3 Å². The number of hydrogen-bond acceptors (Lipinski definition) is 5. The van der Waals surface area contributed by atoms with Gasteiger partial charge >= 0.3 is 0 Å². The largest absolute Gasteiger partial charge is 0.481 e. The number of ether oxygens (including phenoxy) is 1. The molecule has 0 aliphatic heterocycles. The number of anilines is 1. The second-order valence-corrected chi connectivity index (χ2v) is 7.12. The molecule has 4 aromatic rings. The van der Waals surface area contributed by atoms with Crippen LogP contribution in [0.25, 0.3) is 16.7 Å². The fraction of sp³-hybridized carbons (Fsp3) is 0.136. The highest BCUT2D eigenvalue weighted by Crippen LogP contribution is 2.26. The molecule has 1 heterocycles. The second-order valence-electron chi connectivity index (χ2n) is 6.71. The first kappa shape index (κ1) is 20.8. The third-order valence-electron chi connectivity index (χ3n) is 4.49. The quantitative estimate of drug-likeness (QED) is 0.456. The predicted molar refractivity (Wildman–Crippen MR) is 115 cm³/mol. The SMILES string of the molecule is O=C(COc1ccc(CCO)cc1-n1nc2ccccc2n1)Nc1ccc(F)cc1Cl. The van der Waals surface area contributed by atoms with Gasteiger partial charge in [0.05, 0.1) is 10.7 Å². The molecule has 0 aliphatic rings. The lowest BCUT2D eigenvalue weighted by molar-refractivity contribution is -0.118. The summed E-state index contributed by atoms with van der Waals surface area (Å²) in [6.45, 7) is -0.310. The fourth-order valence-corrected chi connectivity index (χ4v) is 3.23. The first-order valence-electron chi connectivity index (χ1n) is 9.47. The molecule has 0 saturated heterocycles. The number of nitrogens with zero attached hydrogens (tertiary/aromatic N) is 3. The molecule has 2 N–H and O–H groups in total. The van der Waals surface area contributed by atoms with Gasteiger partial charge < -0.3 is 15.2 Å². The summed E-state index contributed by atoms with van der Waals surface area (Å²) in [5.41, 5.74) is 3.12. The van der Waals surface area contributed by atoms with Crippen molar-refractivity contribution in [3.05, 3.63) is 77.1 Å². The predicted octanol–water partition coefficient (Wildman–Crippen LogP) is 3.77. The Hall–Kier alpha value is -3.49. The number of halogens is 2. The molecule has 0 spiro atoms. The minimum atomic E-state index is -0.494. The average molecular weight is 441 g/mol. The van der Waals surface area contributed by atoms with E-state index in [4.69, 9.17) is 16.3 Å². The molecule has 9 heteroatoms. The van der Waals surface area contributed by atoms with Crippen LogP contribution < -0.4 is 10.1 Å². The lowest BCUT2D eigenvalue weighted by Crippen LogP contribution is -2.21. The van der Waals surface area contributed by atoms with Crippen LogP contribution in [-0.2, 0) is 11.2 Å². The number of hydrogen-bond donors (Lipinski definition) is 2. The van der Waals surface area contributed by atoms with Crippen LogP contribution in [0.5, 0.6) is 5.75 Å². The number of carbonyl (C=O) groups is 1. The van der Waals surface area contributed by atoms with E-state index in [9.17, 15) is 14.3 Å². The number of fused-ring (bicyclic) bond motifs is 1. The first-order chi connectivity index (χ1) is 15.0. The van der Waals surface area contributed by atoms with Gasteiger partial charge in [-0.1, -0.05) is 29.8 Å². The van der Waals surface area contributed by atoms with E-state index in [0.29, 0.717) is 28.9 Å². The lowest BCUT2D eigenvalue weighted by atomic mass is 10.1. The van der Waals surface area contributed by atoms with Crippen LogP contribution >= 0.6 is 11.6 Å². The Balaban J connectivity index is 1.56. The molecule has 0 atom stereocenters. The lowest BCUT2D eigenvalue weighted by Gasteiger charge is -2.13. The third-order valence-corrected chi connectivity index (χ3v) is 4.80. The smallest absolute Gasteiger partial charge is 0.262 e. The van der Waals surface area contributed by atoms with E-state index in [1.165, 1.54) is 16.9 Å². The molecule has 7 nitrogen and oxygen atoms in total. The Labute approximate surface area is 182 Å². The van der Waals surface area contributed by atoms with Crippen LogP contribution in [0.1, 0.15) is 5.56 Å². The monoisotopic (exact) mass is 440 g/mol. The zero-order valence-corrected chi connectivity index (χ0v) is 17.0. The summed E-state index contributed by atoms with van der Waals surface area (Å²) in [5, 5.41) is 20.9. The van der Waals surface area contributed by atoms with Crippen molar-refractivity contribution in [1.82, 2.24) is 15.0 Å². The number of nitrogens with one attached hydrogen (secondary N) is 1. The van der Waals surface area contributed by atoms with Crippen LogP contribution in [0.15, 0.2) is 60.7 Å². The topological polar surface area (TPSA) is 89.3 Å². The van der Waals surface area contributed by atoms with Crippen molar-refractivity contribution < 1.29 is 19.0 Å². The molecule has 4 rings (SSSR count). The molecular weight excluding hydrogens is 423 g/mol. The summed E-state index contributed by atoms with van der Waals surface area (Å²) in [6, 6.07) is 16.4. The van der Waals surface area contributed by atoms with Gasteiger partial charge in [0.2, 0.25) is 0 Å². The number of carbonyl (C=O) groups excluding carboxylic acids is 1. The summed E-state index contributed by atoms with van der Waals surface area (Å²) in [6.07, 6.45) is 0.456. The maximum atomic E-state index is 13.2. The first-order valence-corrected chi connectivity index (χ1v) is 9.85. The number of aliphatic hydroxyl groups is 1. The molecule has 158 valence electrons. The van der Waals surface area contributed by atoms with Crippen LogP contribution in [0.4, 0.5) is 10.1 Å². The molecule has 31 heavy (non-hydrogen) atoms. The maximum absolute atomic E-state index is 13.2. The average Bonchev–Trinajstić information content (AvgIpc) is 3.19. The zero-order chi connectivity index (χ0) is 21.8. The number of aliphatic hydroxyl groups excluding tert-OH is 1. The van der Waals surface area contributed by atoms with Gasteiger partial charge in [-0.25, -0.2) is 4.39 Å². The summed E-state index contributed by atoms with van der Waals surface area (Å²) in [7, 11) is 0. The van der Waals surface area contributed by atoms with Gasteiger partial charge in [0.25, 0.3) is 5.91 Å². The molecule has 1 aromatic heterocycles. The molecule has 0 unspecified atom stereocenters. The van der Waals surface area contributed by atoms with E-state index in [1.807, 2.05) is 24.3 Å². The minimum Gasteiger partial charge on any atom is -0.481 e.